The summed E-state index contributed by atoms with van der Waals surface area (Å²) in [6.07, 6.45) is 0. The molecule has 0 radical (unpaired) electrons. The van der Waals surface area contributed by atoms with E-state index in [-0.39, 0.29) is 39.4 Å². The number of carboxylic acids is 3. The molecule has 0 unspecified atom stereocenters. The van der Waals surface area contributed by atoms with Gasteiger partial charge in [0.05, 0.1) is 23.9 Å². The van der Waals surface area contributed by atoms with Crippen LogP contribution in [0.1, 0.15) is 0 Å². The normalized spacial score (nSPS) is 19.9. The molecule has 0 spiro atoms. The molecule has 1 saturated heterocycles. The number of carbonyl (C=O) groups is 3. The quantitative estimate of drug-likeness (QED) is 0.361. The zero-order valence-electron chi connectivity index (χ0n) is 15.3. The Bertz CT molecular complexity index is 454. The largest absolute Gasteiger partial charge is 3.00 e. The number of aliphatic carboxylic acids is 3. The Morgan fingerprint density at radius 1 is 0.815 bits per heavy atom. The molecule has 0 amide bonds. The van der Waals surface area contributed by atoms with Gasteiger partial charge in [-0.2, -0.15) is 0 Å². The van der Waals surface area contributed by atoms with E-state index < -0.39 is 23.9 Å². The predicted octanol–water partition coefficient (Wildman–Crippen LogP) is -7.31. The molecule has 150 valence electrons. The minimum Gasteiger partial charge on any atom is -0.549 e. The van der Waals surface area contributed by atoms with Gasteiger partial charge in [0.2, 0.25) is 0 Å². The van der Waals surface area contributed by atoms with E-state index in [0.29, 0.717) is 52.4 Å². The second kappa shape index (κ2) is 13.9. The second-order valence-corrected chi connectivity index (χ2v) is 6.27. The first-order chi connectivity index (χ1) is 12.3. The van der Waals surface area contributed by atoms with E-state index in [0.717, 1.165) is 0 Å². The van der Waals surface area contributed by atoms with Crippen molar-refractivity contribution < 1.29 is 29.7 Å². The number of carboxylic acid groups (broad SMARTS) is 3. The fourth-order valence-corrected chi connectivity index (χ4v) is 2.72. The van der Waals surface area contributed by atoms with Crippen LogP contribution in [0.4, 0.5) is 0 Å². The first-order valence-electron chi connectivity index (χ1n) is 8.52. The van der Waals surface area contributed by atoms with Crippen LogP contribution in [0, 0.1) is 0 Å². The molecular formula is C15H26GaN5O6. The summed E-state index contributed by atoms with van der Waals surface area (Å²) in [6.45, 7) is 3.11. The van der Waals surface area contributed by atoms with Crippen LogP contribution in [0.15, 0.2) is 0 Å². The van der Waals surface area contributed by atoms with Gasteiger partial charge in [0.15, 0.2) is 0 Å². The van der Waals surface area contributed by atoms with Crippen LogP contribution in [-0.4, -0.2) is 130 Å². The molecule has 1 aliphatic rings. The molecule has 1 fully saturated rings. The van der Waals surface area contributed by atoms with Gasteiger partial charge in [-0.05, 0) is 0 Å². The van der Waals surface area contributed by atoms with Crippen LogP contribution >= 0.6 is 0 Å². The summed E-state index contributed by atoms with van der Waals surface area (Å²) in [5.41, 5.74) is 5.54. The molecule has 11 nitrogen and oxygen atoms in total. The summed E-state index contributed by atoms with van der Waals surface area (Å²) in [6, 6.07) is -1.19. The Labute approximate surface area is 171 Å². The third-order valence-electron chi connectivity index (χ3n) is 4.14. The first-order valence-corrected chi connectivity index (χ1v) is 8.52. The van der Waals surface area contributed by atoms with Crippen molar-refractivity contribution in [1.29, 1.82) is 0 Å². The van der Waals surface area contributed by atoms with Crippen molar-refractivity contribution in [2.75, 3.05) is 72.0 Å². The second-order valence-electron chi connectivity index (χ2n) is 6.27. The Hall–Kier alpha value is -1.15. The third kappa shape index (κ3) is 12.0. The van der Waals surface area contributed by atoms with E-state index in [9.17, 15) is 29.7 Å². The Morgan fingerprint density at radius 3 is 1.59 bits per heavy atom. The van der Waals surface area contributed by atoms with Crippen LogP contribution < -0.4 is 26.4 Å². The zero-order chi connectivity index (χ0) is 19.5. The van der Waals surface area contributed by atoms with Crippen molar-refractivity contribution in [3.8, 4) is 0 Å². The van der Waals surface area contributed by atoms with Crippen LogP contribution in [0.5, 0.6) is 0 Å². The van der Waals surface area contributed by atoms with Crippen molar-refractivity contribution in [2.24, 2.45) is 5.73 Å². The van der Waals surface area contributed by atoms with Gasteiger partial charge in [0.25, 0.3) is 0 Å². The van der Waals surface area contributed by atoms with Gasteiger partial charge in [-0.15, -0.1) is 0 Å². The number of rotatable bonds is 7. The van der Waals surface area contributed by atoms with Gasteiger partial charge < -0.3 is 40.8 Å². The molecule has 1 rings (SSSR count). The van der Waals surface area contributed by atoms with Crippen molar-refractivity contribution in [3.63, 3.8) is 0 Å². The van der Waals surface area contributed by atoms with Gasteiger partial charge in [-0.25, -0.2) is 0 Å². The van der Waals surface area contributed by atoms with Crippen molar-refractivity contribution in [3.05, 3.63) is 0 Å². The fourth-order valence-electron chi connectivity index (χ4n) is 2.72. The van der Waals surface area contributed by atoms with Crippen molar-refractivity contribution in [2.45, 2.75) is 6.04 Å². The van der Waals surface area contributed by atoms with E-state index in [1.807, 2.05) is 0 Å². The number of carbonyl (C=O) groups excluding carboxylic acids is 3. The maximum absolute atomic E-state index is 10.9. The SMILES string of the molecule is N[C@H](CN1CCN(CC(=O)[O-])CCNCCN(CC(=O)[O-])CC1)C(=O)[O-].[68Ga+3]. The third-order valence-corrected chi connectivity index (χ3v) is 4.14. The van der Waals surface area contributed by atoms with Gasteiger partial charge in [-0.3, -0.25) is 14.7 Å². The number of nitrogens with two attached hydrogens (primary N) is 1. The van der Waals surface area contributed by atoms with Crippen LogP contribution in [-0.2, 0) is 14.4 Å². The number of hydrogen-bond acceptors (Lipinski definition) is 11. The molecular weight excluding hydrogens is 414 g/mol. The molecule has 1 atom stereocenters. The molecule has 0 aromatic carbocycles. The minimum absolute atomic E-state index is 0. The van der Waals surface area contributed by atoms with Crippen LogP contribution in [0.25, 0.3) is 0 Å². The van der Waals surface area contributed by atoms with E-state index in [4.69, 9.17) is 5.73 Å². The summed E-state index contributed by atoms with van der Waals surface area (Å²) in [4.78, 5) is 37.8. The van der Waals surface area contributed by atoms with Crippen molar-refractivity contribution in [1.82, 2.24) is 20.0 Å². The van der Waals surface area contributed by atoms with E-state index in [2.05, 4.69) is 5.32 Å². The topological polar surface area (TPSA) is 168 Å². The molecule has 0 aliphatic carbocycles. The van der Waals surface area contributed by atoms with Gasteiger partial charge >= 0.3 is 19.8 Å². The minimum atomic E-state index is -1.38. The summed E-state index contributed by atoms with van der Waals surface area (Å²) in [5.74, 6) is -3.75. The number of nitrogens with one attached hydrogen (secondary N) is 1. The fraction of sp³-hybridized carbons (Fsp3) is 0.800. The molecule has 0 bridgehead atoms. The molecule has 0 saturated carbocycles. The number of hydrogen-bond donors (Lipinski definition) is 2. The summed E-state index contributed by atoms with van der Waals surface area (Å²) < 4.78 is 0. The number of nitrogens with zero attached hydrogens (tertiary/aromatic N) is 3. The monoisotopic (exact) mass is 440 g/mol. The summed E-state index contributed by atoms with van der Waals surface area (Å²) >= 11 is 0. The smallest absolute Gasteiger partial charge is 0.549 e. The molecule has 27 heavy (non-hydrogen) atoms. The van der Waals surface area contributed by atoms with Gasteiger partial charge in [0.1, 0.15) is 0 Å². The average molecular weight is 440 g/mol. The summed E-state index contributed by atoms with van der Waals surface area (Å²) in [7, 11) is 0. The zero-order valence-corrected chi connectivity index (χ0v) is 17.7. The molecule has 1 aliphatic heterocycles. The van der Waals surface area contributed by atoms with Crippen LogP contribution in [0.2, 0.25) is 0 Å². The van der Waals surface area contributed by atoms with Gasteiger partial charge in [-0.1, -0.05) is 0 Å². The summed E-state index contributed by atoms with van der Waals surface area (Å²) in [5, 5.41) is 35.8. The Balaban J connectivity index is 0.00000676. The standard InChI is InChI=1S/C15H29N5O6.Ga/c16-12(15(25)26)9-20-7-5-18(10-13(21)22)3-1-17-2-4-19(6-8-20)11-14(23)24;/h12,17H,1-11,16H2,(H,21,22)(H,23,24)(H,25,26);/q;+3/p-3/t12-;/m1./s1/i;1-2. The molecule has 0 aromatic rings. The van der Waals surface area contributed by atoms with E-state index >= 15 is 0 Å². The average Bonchev–Trinajstić information content (AvgIpc) is 2.53. The molecule has 1 heterocycles. The molecule has 3 N–H and O–H groups in total. The molecule has 12 heteroatoms. The molecule has 0 aromatic heterocycles. The van der Waals surface area contributed by atoms with Crippen LogP contribution in [0.3, 0.4) is 0 Å². The predicted molar refractivity (Wildman–Crippen MR) is 90.9 cm³/mol. The van der Waals surface area contributed by atoms with E-state index in [1.54, 1.807) is 14.7 Å². The Kier molecular flexibility index (Phi) is 13.3. The van der Waals surface area contributed by atoms with E-state index in [1.165, 1.54) is 0 Å². The van der Waals surface area contributed by atoms with Crippen molar-refractivity contribution >= 4 is 37.7 Å². The van der Waals surface area contributed by atoms with Gasteiger partial charge in [0, 0.05) is 72.0 Å². The first kappa shape index (κ1) is 25.8. The Morgan fingerprint density at radius 2 is 1.22 bits per heavy atom. The maximum atomic E-state index is 10.9. The maximum Gasteiger partial charge on any atom is 3.00 e.